The van der Waals surface area contributed by atoms with Crippen LogP contribution in [0.1, 0.15) is 5.56 Å². The van der Waals surface area contributed by atoms with Crippen LogP contribution in [-0.2, 0) is 6.54 Å². The van der Waals surface area contributed by atoms with Crippen molar-refractivity contribution in [1.82, 2.24) is 4.98 Å². The number of hydrogen-bond acceptors (Lipinski definition) is 3. The fourth-order valence-corrected chi connectivity index (χ4v) is 1.42. The molecule has 0 saturated heterocycles. The van der Waals surface area contributed by atoms with Crippen LogP contribution >= 0.6 is 24.8 Å². The molecule has 0 unspecified atom stereocenters. The largest absolute Gasteiger partial charge is 0.383 e. The molecule has 16 heavy (non-hydrogen) atoms. The van der Waals surface area contributed by atoms with Gasteiger partial charge in [0.25, 0.3) is 0 Å². The number of nitrogens with two attached hydrogens (primary N) is 2. The molecule has 0 radical (unpaired) electrons. The minimum atomic E-state index is -0.334. The van der Waals surface area contributed by atoms with E-state index >= 15 is 0 Å². The van der Waals surface area contributed by atoms with E-state index in [1.807, 2.05) is 0 Å². The Bertz CT molecular complexity index is 491. The maximum atomic E-state index is 13.3. The second kappa shape index (κ2) is 5.84. The fourth-order valence-electron chi connectivity index (χ4n) is 1.42. The Morgan fingerprint density at radius 1 is 1.25 bits per heavy atom. The van der Waals surface area contributed by atoms with Crippen LogP contribution in [0.2, 0.25) is 0 Å². The number of rotatable bonds is 1. The number of nitrogens with zero attached hydrogens (tertiary/aromatic N) is 1. The lowest BCUT2D eigenvalue weighted by Gasteiger charge is -2.04. The Kier molecular flexibility index (Phi) is 5.44. The van der Waals surface area contributed by atoms with E-state index in [9.17, 15) is 4.39 Å². The lowest BCUT2D eigenvalue weighted by molar-refractivity contribution is 0.613. The fraction of sp³-hybridized carbons (Fsp3) is 0.100. The van der Waals surface area contributed by atoms with E-state index in [4.69, 9.17) is 11.5 Å². The number of aromatic nitrogens is 1. The molecule has 0 aliphatic rings. The molecule has 0 aliphatic carbocycles. The number of pyridine rings is 1. The smallest absolute Gasteiger partial charge is 0.131 e. The summed E-state index contributed by atoms with van der Waals surface area (Å²) >= 11 is 0. The summed E-state index contributed by atoms with van der Waals surface area (Å²) in [5.41, 5.74) is 11.5. The monoisotopic (exact) mass is 263 g/mol. The van der Waals surface area contributed by atoms with Crippen molar-refractivity contribution in [3.63, 3.8) is 0 Å². The van der Waals surface area contributed by atoms with Gasteiger partial charge in [0.1, 0.15) is 11.6 Å². The van der Waals surface area contributed by atoms with Gasteiger partial charge in [0.05, 0.1) is 0 Å². The summed E-state index contributed by atoms with van der Waals surface area (Å²) in [6, 6.07) is 4.85. The predicted octanol–water partition coefficient (Wildman–Crippen LogP) is 2.26. The van der Waals surface area contributed by atoms with E-state index in [0.29, 0.717) is 16.8 Å². The summed E-state index contributed by atoms with van der Waals surface area (Å²) in [5.74, 6) is 0.00433. The molecule has 1 heterocycles. The van der Waals surface area contributed by atoms with Gasteiger partial charge in [0.2, 0.25) is 0 Å². The van der Waals surface area contributed by atoms with Gasteiger partial charge in [-0.15, -0.1) is 24.8 Å². The molecule has 0 amide bonds. The summed E-state index contributed by atoms with van der Waals surface area (Å²) in [4.78, 5) is 3.88. The minimum absolute atomic E-state index is 0. The number of fused-ring (bicyclic) bond motifs is 1. The van der Waals surface area contributed by atoms with E-state index < -0.39 is 0 Å². The Morgan fingerprint density at radius 2 is 1.94 bits per heavy atom. The minimum Gasteiger partial charge on any atom is -0.383 e. The number of hydrogen-bond donors (Lipinski definition) is 2. The van der Waals surface area contributed by atoms with Gasteiger partial charge in [-0.2, -0.15) is 0 Å². The van der Waals surface area contributed by atoms with Crippen LogP contribution in [0.5, 0.6) is 0 Å². The molecule has 6 heteroatoms. The Balaban J connectivity index is 0.00000112. The third kappa shape index (κ3) is 2.52. The van der Waals surface area contributed by atoms with Crippen LogP contribution in [0.25, 0.3) is 10.8 Å². The van der Waals surface area contributed by atoms with Crippen molar-refractivity contribution in [3.05, 3.63) is 35.8 Å². The van der Waals surface area contributed by atoms with Crippen molar-refractivity contribution in [3.8, 4) is 0 Å². The van der Waals surface area contributed by atoms with E-state index in [2.05, 4.69) is 4.98 Å². The molecule has 3 nitrogen and oxygen atoms in total. The summed E-state index contributed by atoms with van der Waals surface area (Å²) in [6.45, 7) is 0.185. The molecular weight excluding hydrogens is 252 g/mol. The molecule has 0 aliphatic heterocycles. The third-order valence-corrected chi connectivity index (χ3v) is 2.18. The first-order chi connectivity index (χ1) is 6.72. The van der Waals surface area contributed by atoms with E-state index in [1.54, 1.807) is 18.3 Å². The maximum absolute atomic E-state index is 13.3. The van der Waals surface area contributed by atoms with Gasteiger partial charge in [0, 0.05) is 23.7 Å². The van der Waals surface area contributed by atoms with Gasteiger partial charge in [-0.1, -0.05) is 0 Å². The summed E-state index contributed by atoms with van der Waals surface area (Å²) in [7, 11) is 0. The van der Waals surface area contributed by atoms with Crippen LogP contribution in [0, 0.1) is 5.82 Å². The standard InChI is InChI=1S/C10H10FN3.2ClH/c11-9-4-8-6(3-7(9)5-12)1-2-14-10(8)13;;/h1-4H,5,12H2,(H2,13,14);2*1H. The molecule has 2 rings (SSSR count). The predicted molar refractivity (Wildman–Crippen MR) is 68.5 cm³/mol. The average Bonchev–Trinajstić information content (AvgIpc) is 2.19. The topological polar surface area (TPSA) is 64.9 Å². The van der Waals surface area contributed by atoms with Crippen LogP contribution in [0.4, 0.5) is 10.2 Å². The van der Waals surface area contributed by atoms with Crippen LogP contribution in [0.3, 0.4) is 0 Å². The lowest BCUT2D eigenvalue weighted by atomic mass is 10.1. The van der Waals surface area contributed by atoms with Gasteiger partial charge in [-0.3, -0.25) is 0 Å². The SMILES string of the molecule is Cl.Cl.NCc1cc2ccnc(N)c2cc1F. The van der Waals surface area contributed by atoms with Gasteiger partial charge in [-0.05, 0) is 23.6 Å². The first-order valence-electron chi connectivity index (χ1n) is 4.25. The lowest BCUT2D eigenvalue weighted by Crippen LogP contribution is -2.00. The number of nitrogen functional groups attached to an aromatic ring is 1. The number of halogens is 3. The Morgan fingerprint density at radius 3 is 2.56 bits per heavy atom. The maximum Gasteiger partial charge on any atom is 0.131 e. The molecule has 0 saturated carbocycles. The number of anilines is 1. The van der Waals surface area contributed by atoms with Gasteiger partial charge < -0.3 is 11.5 Å². The van der Waals surface area contributed by atoms with Crippen molar-refractivity contribution in [1.29, 1.82) is 0 Å². The highest BCUT2D eigenvalue weighted by Crippen LogP contribution is 2.22. The highest BCUT2D eigenvalue weighted by atomic mass is 35.5. The van der Waals surface area contributed by atoms with Crippen LogP contribution < -0.4 is 11.5 Å². The van der Waals surface area contributed by atoms with Crippen molar-refractivity contribution >= 4 is 41.4 Å². The zero-order chi connectivity index (χ0) is 10.1. The molecular formula is C10H12Cl2FN3. The molecule has 2 aromatic rings. The van der Waals surface area contributed by atoms with Gasteiger partial charge in [0.15, 0.2) is 0 Å². The van der Waals surface area contributed by atoms with Gasteiger partial charge >= 0.3 is 0 Å². The van der Waals surface area contributed by atoms with E-state index in [0.717, 1.165) is 5.39 Å². The van der Waals surface area contributed by atoms with Crippen LogP contribution in [0.15, 0.2) is 24.4 Å². The zero-order valence-corrected chi connectivity index (χ0v) is 9.95. The summed E-state index contributed by atoms with van der Waals surface area (Å²) < 4.78 is 13.3. The van der Waals surface area contributed by atoms with Crippen molar-refractivity contribution < 1.29 is 4.39 Å². The highest BCUT2D eigenvalue weighted by Gasteiger charge is 2.05. The summed E-state index contributed by atoms with van der Waals surface area (Å²) in [5, 5.41) is 1.49. The summed E-state index contributed by atoms with van der Waals surface area (Å²) in [6.07, 6.45) is 1.59. The second-order valence-electron chi connectivity index (χ2n) is 3.07. The van der Waals surface area contributed by atoms with Crippen LogP contribution in [-0.4, -0.2) is 4.98 Å². The van der Waals surface area contributed by atoms with E-state index in [-0.39, 0.29) is 37.2 Å². The molecule has 4 N–H and O–H groups in total. The first kappa shape index (κ1) is 14.9. The molecule has 0 fully saturated rings. The molecule has 0 atom stereocenters. The molecule has 0 spiro atoms. The van der Waals surface area contributed by atoms with Crippen molar-refractivity contribution in [2.45, 2.75) is 6.54 Å². The van der Waals surface area contributed by atoms with Gasteiger partial charge in [-0.25, -0.2) is 9.37 Å². The highest BCUT2D eigenvalue weighted by molar-refractivity contribution is 5.91. The quantitative estimate of drug-likeness (QED) is 0.830. The van der Waals surface area contributed by atoms with Crippen molar-refractivity contribution in [2.75, 3.05) is 5.73 Å². The first-order valence-corrected chi connectivity index (χ1v) is 4.25. The molecule has 88 valence electrons. The Labute approximate surface area is 105 Å². The molecule has 1 aromatic carbocycles. The van der Waals surface area contributed by atoms with Crippen molar-refractivity contribution in [2.24, 2.45) is 5.73 Å². The molecule has 0 bridgehead atoms. The normalized spacial score (nSPS) is 9.38. The number of benzene rings is 1. The molecule has 1 aromatic heterocycles. The average molecular weight is 264 g/mol. The Hall–Kier alpha value is -1.10. The van der Waals surface area contributed by atoms with E-state index in [1.165, 1.54) is 6.07 Å². The second-order valence-corrected chi connectivity index (χ2v) is 3.07. The zero-order valence-electron chi connectivity index (χ0n) is 8.31. The third-order valence-electron chi connectivity index (χ3n) is 2.18.